The molecule has 4 nitrogen and oxygen atoms in total. The molecule has 0 radical (unpaired) electrons. The summed E-state index contributed by atoms with van der Waals surface area (Å²) in [5.41, 5.74) is 0.549. The van der Waals surface area contributed by atoms with Gasteiger partial charge in [0.2, 0.25) is 5.91 Å². The van der Waals surface area contributed by atoms with Crippen molar-refractivity contribution in [2.24, 2.45) is 0 Å². The molecule has 1 fully saturated rings. The third-order valence-corrected chi connectivity index (χ3v) is 2.97. The second-order valence-corrected chi connectivity index (χ2v) is 4.54. The lowest BCUT2D eigenvalue weighted by molar-refractivity contribution is -0.120. The minimum Gasteiger partial charge on any atom is -0.378 e. The van der Waals surface area contributed by atoms with Crippen molar-refractivity contribution in [3.05, 3.63) is 28.2 Å². The highest BCUT2D eigenvalue weighted by molar-refractivity contribution is 6.36. The van der Waals surface area contributed by atoms with Crippen LogP contribution in [0.4, 0.5) is 5.69 Å². The van der Waals surface area contributed by atoms with Gasteiger partial charge >= 0.3 is 0 Å². The van der Waals surface area contributed by atoms with Crippen LogP contribution in [-0.4, -0.2) is 31.7 Å². The Morgan fingerprint density at radius 3 is 2.94 bits per heavy atom. The molecule has 1 aromatic carbocycles. The van der Waals surface area contributed by atoms with Gasteiger partial charge in [-0.2, -0.15) is 0 Å². The van der Waals surface area contributed by atoms with Crippen LogP contribution in [0.15, 0.2) is 18.2 Å². The lowest BCUT2D eigenvalue weighted by Crippen LogP contribution is -2.48. The molecule has 1 amide bonds. The highest BCUT2D eigenvalue weighted by atomic mass is 35.5. The number of anilines is 1. The van der Waals surface area contributed by atoms with Crippen molar-refractivity contribution in [3.8, 4) is 0 Å². The van der Waals surface area contributed by atoms with Gasteiger partial charge in [0.1, 0.15) is 6.04 Å². The number of halogens is 2. The Labute approximate surface area is 109 Å². The molecular weight excluding hydrogens is 263 g/mol. The van der Waals surface area contributed by atoms with Crippen molar-refractivity contribution < 1.29 is 9.53 Å². The molecule has 0 spiro atoms. The van der Waals surface area contributed by atoms with Crippen molar-refractivity contribution in [2.75, 3.05) is 25.1 Å². The van der Waals surface area contributed by atoms with Crippen LogP contribution >= 0.6 is 23.2 Å². The van der Waals surface area contributed by atoms with Crippen molar-refractivity contribution in [1.29, 1.82) is 0 Å². The van der Waals surface area contributed by atoms with Gasteiger partial charge in [-0.05, 0) is 18.2 Å². The molecule has 92 valence electrons. The van der Waals surface area contributed by atoms with Crippen LogP contribution in [0.3, 0.4) is 0 Å². The zero-order valence-electron chi connectivity index (χ0n) is 9.00. The lowest BCUT2D eigenvalue weighted by atomic mass is 10.2. The number of hydrogen-bond acceptors (Lipinski definition) is 3. The number of benzene rings is 1. The molecular formula is C11H12Cl2N2O2. The van der Waals surface area contributed by atoms with E-state index in [-0.39, 0.29) is 11.9 Å². The van der Waals surface area contributed by atoms with Gasteiger partial charge in [0.15, 0.2) is 0 Å². The number of carbonyl (C=O) groups excluding carboxylic acids is 1. The van der Waals surface area contributed by atoms with E-state index >= 15 is 0 Å². The summed E-state index contributed by atoms with van der Waals surface area (Å²) < 4.78 is 5.21. The molecule has 1 aliphatic rings. The Balaban J connectivity index is 2.02. The van der Waals surface area contributed by atoms with E-state index in [1.54, 1.807) is 18.2 Å². The van der Waals surface area contributed by atoms with Crippen molar-refractivity contribution in [1.82, 2.24) is 5.32 Å². The Hall–Kier alpha value is -0.810. The first-order valence-corrected chi connectivity index (χ1v) is 5.99. The van der Waals surface area contributed by atoms with Crippen LogP contribution in [-0.2, 0) is 9.53 Å². The topological polar surface area (TPSA) is 50.4 Å². The fourth-order valence-electron chi connectivity index (χ4n) is 1.54. The molecule has 0 bridgehead atoms. The van der Waals surface area contributed by atoms with Crippen LogP contribution in [0.25, 0.3) is 0 Å². The van der Waals surface area contributed by atoms with E-state index in [1.165, 1.54) is 0 Å². The normalized spacial score (nSPS) is 20.0. The van der Waals surface area contributed by atoms with Gasteiger partial charge in [-0.25, -0.2) is 0 Å². The molecule has 1 atom stereocenters. The maximum absolute atomic E-state index is 11.9. The van der Waals surface area contributed by atoms with Gasteiger partial charge in [0.05, 0.1) is 23.9 Å². The van der Waals surface area contributed by atoms with E-state index in [2.05, 4.69) is 10.6 Å². The number of amides is 1. The van der Waals surface area contributed by atoms with Crippen LogP contribution in [0, 0.1) is 0 Å². The zero-order valence-corrected chi connectivity index (χ0v) is 10.5. The van der Waals surface area contributed by atoms with Crippen LogP contribution in [0.2, 0.25) is 10.0 Å². The summed E-state index contributed by atoms with van der Waals surface area (Å²) >= 11 is 11.7. The molecule has 0 aromatic heterocycles. The van der Waals surface area contributed by atoms with Crippen molar-refractivity contribution in [2.45, 2.75) is 6.04 Å². The Bertz CT molecular complexity index is 420. The van der Waals surface area contributed by atoms with Gasteiger partial charge in [0, 0.05) is 11.6 Å². The largest absolute Gasteiger partial charge is 0.378 e. The molecule has 1 heterocycles. The van der Waals surface area contributed by atoms with E-state index < -0.39 is 0 Å². The van der Waals surface area contributed by atoms with Crippen molar-refractivity contribution >= 4 is 34.8 Å². The summed E-state index contributed by atoms with van der Waals surface area (Å²) in [6, 6.07) is 4.60. The molecule has 1 aromatic rings. The number of carbonyl (C=O) groups is 1. The van der Waals surface area contributed by atoms with Gasteiger partial charge in [-0.1, -0.05) is 23.2 Å². The molecule has 2 N–H and O–H groups in total. The maximum Gasteiger partial charge on any atom is 0.243 e. The van der Waals surface area contributed by atoms with Gasteiger partial charge in [-0.15, -0.1) is 0 Å². The number of morpholine rings is 1. The summed E-state index contributed by atoms with van der Waals surface area (Å²) in [5, 5.41) is 6.75. The second kappa shape index (κ2) is 5.69. The van der Waals surface area contributed by atoms with Crippen molar-refractivity contribution in [3.63, 3.8) is 0 Å². The highest BCUT2D eigenvalue weighted by Gasteiger charge is 2.21. The third kappa shape index (κ3) is 3.33. The fourth-order valence-corrected chi connectivity index (χ4v) is 2.00. The first-order chi connectivity index (χ1) is 8.16. The van der Waals surface area contributed by atoms with Gasteiger partial charge < -0.3 is 15.4 Å². The minimum absolute atomic E-state index is 0.158. The zero-order chi connectivity index (χ0) is 12.3. The molecule has 6 heteroatoms. The quantitative estimate of drug-likeness (QED) is 0.867. The first kappa shape index (κ1) is 12.6. The molecule has 17 heavy (non-hydrogen) atoms. The van der Waals surface area contributed by atoms with E-state index in [0.29, 0.717) is 35.5 Å². The summed E-state index contributed by atoms with van der Waals surface area (Å²) in [7, 11) is 0. The summed E-state index contributed by atoms with van der Waals surface area (Å²) in [6.45, 7) is 1.68. The standard InChI is InChI=1S/C11H12Cl2N2O2/c12-7-1-2-9(8(13)5-7)15-11(16)10-6-17-4-3-14-10/h1-2,5,10,14H,3-4,6H2,(H,15,16). The molecule has 2 rings (SSSR count). The average molecular weight is 275 g/mol. The number of rotatable bonds is 2. The van der Waals surface area contributed by atoms with E-state index in [1.807, 2.05) is 0 Å². The lowest BCUT2D eigenvalue weighted by Gasteiger charge is -2.23. The van der Waals surface area contributed by atoms with Crippen LogP contribution in [0.5, 0.6) is 0 Å². The van der Waals surface area contributed by atoms with E-state index in [4.69, 9.17) is 27.9 Å². The highest BCUT2D eigenvalue weighted by Crippen LogP contribution is 2.25. The molecule has 0 aliphatic carbocycles. The van der Waals surface area contributed by atoms with Gasteiger partial charge in [-0.3, -0.25) is 4.79 Å². The summed E-state index contributed by atoms with van der Waals surface area (Å²) in [4.78, 5) is 11.9. The monoisotopic (exact) mass is 274 g/mol. The SMILES string of the molecule is O=C(Nc1ccc(Cl)cc1Cl)C1COCCN1. The minimum atomic E-state index is -0.338. The number of nitrogens with one attached hydrogen (secondary N) is 2. The summed E-state index contributed by atoms with van der Waals surface area (Å²) in [6.07, 6.45) is 0. The maximum atomic E-state index is 11.9. The third-order valence-electron chi connectivity index (χ3n) is 2.43. The Morgan fingerprint density at radius 2 is 2.29 bits per heavy atom. The van der Waals surface area contributed by atoms with Crippen LogP contribution in [0.1, 0.15) is 0 Å². The molecule has 1 aliphatic heterocycles. The molecule has 0 saturated carbocycles. The summed E-state index contributed by atoms with van der Waals surface area (Å²) in [5.74, 6) is -0.158. The molecule has 1 saturated heterocycles. The number of ether oxygens (including phenoxy) is 1. The van der Waals surface area contributed by atoms with Crippen LogP contribution < -0.4 is 10.6 Å². The van der Waals surface area contributed by atoms with Gasteiger partial charge in [0.25, 0.3) is 0 Å². The van der Waals surface area contributed by atoms with E-state index in [0.717, 1.165) is 0 Å². The second-order valence-electron chi connectivity index (χ2n) is 3.70. The fraction of sp³-hybridized carbons (Fsp3) is 0.364. The molecule has 1 unspecified atom stereocenters. The number of hydrogen-bond donors (Lipinski definition) is 2. The predicted molar refractivity (Wildman–Crippen MR) is 67.7 cm³/mol. The smallest absolute Gasteiger partial charge is 0.243 e. The average Bonchev–Trinajstić information content (AvgIpc) is 2.34. The Morgan fingerprint density at radius 1 is 1.47 bits per heavy atom. The van der Waals surface area contributed by atoms with E-state index in [9.17, 15) is 4.79 Å². The first-order valence-electron chi connectivity index (χ1n) is 5.24. The Kier molecular flexibility index (Phi) is 4.23. The predicted octanol–water partition coefficient (Wildman–Crippen LogP) is 1.92.